The Morgan fingerprint density at radius 3 is 2.43 bits per heavy atom. The second-order valence-corrected chi connectivity index (χ2v) is 5.54. The molecule has 0 aliphatic rings. The van der Waals surface area contributed by atoms with Gasteiger partial charge in [0.05, 0.1) is 25.8 Å². The average molecular weight is 316 g/mol. The standard InChI is InChI=1S/C16H26ClNO3/c1-6-21-10-13(11(2)3)18-9-12-7-8-14(19-4)16(20-5)15(12)17/h7-8,11,13,18H,6,9-10H2,1-5H3. The van der Waals surface area contributed by atoms with Crippen LogP contribution in [0.3, 0.4) is 0 Å². The first-order valence-electron chi connectivity index (χ1n) is 7.25. The fraction of sp³-hybridized carbons (Fsp3) is 0.625. The van der Waals surface area contributed by atoms with Gasteiger partial charge in [-0.15, -0.1) is 0 Å². The van der Waals surface area contributed by atoms with Crippen LogP contribution in [-0.4, -0.2) is 33.5 Å². The highest BCUT2D eigenvalue weighted by Gasteiger charge is 2.16. The summed E-state index contributed by atoms with van der Waals surface area (Å²) in [5.74, 6) is 1.70. The van der Waals surface area contributed by atoms with Gasteiger partial charge in [-0.25, -0.2) is 0 Å². The predicted molar refractivity (Wildman–Crippen MR) is 86.5 cm³/mol. The summed E-state index contributed by atoms with van der Waals surface area (Å²) in [6.45, 7) is 8.43. The first kappa shape index (κ1) is 18.1. The molecule has 1 aromatic carbocycles. The van der Waals surface area contributed by atoms with E-state index in [0.717, 1.165) is 12.2 Å². The van der Waals surface area contributed by atoms with Gasteiger partial charge in [-0.05, 0) is 24.5 Å². The maximum Gasteiger partial charge on any atom is 0.179 e. The van der Waals surface area contributed by atoms with Gasteiger partial charge in [-0.3, -0.25) is 0 Å². The van der Waals surface area contributed by atoms with E-state index in [-0.39, 0.29) is 6.04 Å². The maximum atomic E-state index is 6.38. The molecule has 0 saturated heterocycles. The number of benzene rings is 1. The third kappa shape index (κ3) is 5.06. The summed E-state index contributed by atoms with van der Waals surface area (Å²) >= 11 is 6.38. The number of methoxy groups -OCH3 is 2. The normalized spacial score (nSPS) is 12.5. The van der Waals surface area contributed by atoms with Crippen LogP contribution in [0.5, 0.6) is 11.5 Å². The smallest absolute Gasteiger partial charge is 0.179 e. The molecule has 0 amide bonds. The number of nitrogens with one attached hydrogen (secondary N) is 1. The van der Waals surface area contributed by atoms with Gasteiger partial charge in [0.1, 0.15) is 0 Å². The van der Waals surface area contributed by atoms with E-state index in [1.807, 2.05) is 19.1 Å². The molecule has 120 valence electrons. The van der Waals surface area contributed by atoms with Gasteiger partial charge in [-0.2, -0.15) is 0 Å². The maximum absolute atomic E-state index is 6.38. The lowest BCUT2D eigenvalue weighted by atomic mass is 10.0. The molecule has 0 aliphatic carbocycles. The molecule has 1 aromatic rings. The van der Waals surface area contributed by atoms with Gasteiger partial charge >= 0.3 is 0 Å². The molecule has 0 radical (unpaired) electrons. The minimum absolute atomic E-state index is 0.286. The van der Waals surface area contributed by atoms with Crippen molar-refractivity contribution in [3.8, 4) is 11.5 Å². The molecular weight excluding hydrogens is 290 g/mol. The Kier molecular flexibility index (Phi) is 7.86. The van der Waals surface area contributed by atoms with Crippen LogP contribution >= 0.6 is 11.6 Å². The fourth-order valence-corrected chi connectivity index (χ4v) is 2.34. The Balaban J connectivity index is 2.78. The van der Waals surface area contributed by atoms with E-state index in [4.69, 9.17) is 25.8 Å². The summed E-state index contributed by atoms with van der Waals surface area (Å²) < 4.78 is 16.1. The van der Waals surface area contributed by atoms with E-state index in [9.17, 15) is 0 Å². The number of halogens is 1. The fourth-order valence-electron chi connectivity index (χ4n) is 2.04. The lowest BCUT2D eigenvalue weighted by Gasteiger charge is -2.23. The summed E-state index contributed by atoms with van der Waals surface area (Å²) in [4.78, 5) is 0. The van der Waals surface area contributed by atoms with Gasteiger partial charge < -0.3 is 19.5 Å². The van der Waals surface area contributed by atoms with Crippen LogP contribution in [0.2, 0.25) is 5.02 Å². The highest BCUT2D eigenvalue weighted by atomic mass is 35.5. The molecule has 0 spiro atoms. The van der Waals surface area contributed by atoms with Crippen molar-refractivity contribution in [2.75, 3.05) is 27.4 Å². The monoisotopic (exact) mass is 315 g/mol. The van der Waals surface area contributed by atoms with Gasteiger partial charge in [0.2, 0.25) is 0 Å². The quantitative estimate of drug-likeness (QED) is 0.757. The Morgan fingerprint density at radius 2 is 1.90 bits per heavy atom. The van der Waals surface area contributed by atoms with Crippen molar-refractivity contribution in [3.05, 3.63) is 22.7 Å². The molecule has 1 rings (SSSR count). The van der Waals surface area contributed by atoms with Crippen molar-refractivity contribution in [1.82, 2.24) is 5.32 Å². The SMILES string of the molecule is CCOCC(NCc1ccc(OC)c(OC)c1Cl)C(C)C. The van der Waals surface area contributed by atoms with E-state index < -0.39 is 0 Å². The van der Waals surface area contributed by atoms with Crippen molar-refractivity contribution in [1.29, 1.82) is 0 Å². The number of rotatable bonds is 9. The topological polar surface area (TPSA) is 39.7 Å². The highest BCUT2D eigenvalue weighted by molar-refractivity contribution is 6.33. The number of hydrogen-bond donors (Lipinski definition) is 1. The molecule has 0 bridgehead atoms. The molecule has 5 heteroatoms. The third-order valence-corrected chi connectivity index (χ3v) is 3.84. The minimum Gasteiger partial charge on any atom is -0.493 e. The summed E-state index contributed by atoms with van der Waals surface area (Å²) in [7, 11) is 3.19. The van der Waals surface area contributed by atoms with Crippen molar-refractivity contribution in [2.24, 2.45) is 5.92 Å². The lowest BCUT2D eigenvalue weighted by molar-refractivity contribution is 0.108. The molecule has 0 fully saturated rings. The van der Waals surface area contributed by atoms with Crippen LogP contribution in [0.25, 0.3) is 0 Å². The molecule has 1 unspecified atom stereocenters. The minimum atomic E-state index is 0.286. The Bertz CT molecular complexity index is 438. The van der Waals surface area contributed by atoms with Crippen LogP contribution in [0.1, 0.15) is 26.3 Å². The van der Waals surface area contributed by atoms with Crippen LogP contribution < -0.4 is 14.8 Å². The van der Waals surface area contributed by atoms with E-state index in [1.54, 1.807) is 14.2 Å². The molecule has 0 saturated carbocycles. The van der Waals surface area contributed by atoms with Crippen LogP contribution in [0.15, 0.2) is 12.1 Å². The van der Waals surface area contributed by atoms with Gasteiger partial charge in [-0.1, -0.05) is 31.5 Å². The van der Waals surface area contributed by atoms with Crippen LogP contribution in [0.4, 0.5) is 0 Å². The third-order valence-electron chi connectivity index (χ3n) is 3.43. The van der Waals surface area contributed by atoms with Gasteiger partial charge in [0, 0.05) is 19.2 Å². The summed E-state index contributed by atoms with van der Waals surface area (Å²) in [6, 6.07) is 4.11. The van der Waals surface area contributed by atoms with Gasteiger partial charge in [0.25, 0.3) is 0 Å². The summed E-state index contributed by atoms with van der Waals surface area (Å²) in [5, 5.41) is 4.08. The lowest BCUT2D eigenvalue weighted by Crippen LogP contribution is -2.37. The zero-order valence-corrected chi connectivity index (χ0v) is 14.3. The summed E-state index contributed by atoms with van der Waals surface area (Å²) in [6.07, 6.45) is 0. The zero-order chi connectivity index (χ0) is 15.8. The van der Waals surface area contributed by atoms with Crippen molar-refractivity contribution < 1.29 is 14.2 Å². The van der Waals surface area contributed by atoms with Crippen molar-refractivity contribution >= 4 is 11.6 Å². The van der Waals surface area contributed by atoms with E-state index >= 15 is 0 Å². The molecule has 0 heterocycles. The molecule has 0 aliphatic heterocycles. The number of hydrogen-bond acceptors (Lipinski definition) is 4. The van der Waals surface area contributed by atoms with E-state index in [0.29, 0.717) is 35.6 Å². The highest BCUT2D eigenvalue weighted by Crippen LogP contribution is 2.37. The Morgan fingerprint density at radius 1 is 1.19 bits per heavy atom. The van der Waals surface area contributed by atoms with Gasteiger partial charge in [0.15, 0.2) is 11.5 Å². The number of ether oxygens (including phenoxy) is 3. The molecule has 21 heavy (non-hydrogen) atoms. The first-order valence-corrected chi connectivity index (χ1v) is 7.63. The largest absolute Gasteiger partial charge is 0.493 e. The molecule has 4 nitrogen and oxygen atoms in total. The van der Waals surface area contributed by atoms with Crippen LogP contribution in [0, 0.1) is 5.92 Å². The van der Waals surface area contributed by atoms with Crippen molar-refractivity contribution in [3.63, 3.8) is 0 Å². The predicted octanol–water partition coefficient (Wildman–Crippen LogP) is 3.51. The average Bonchev–Trinajstić information content (AvgIpc) is 2.47. The first-order chi connectivity index (χ1) is 10.0. The Labute approximate surface area is 132 Å². The second kappa shape index (κ2) is 9.13. The molecule has 1 N–H and O–H groups in total. The van der Waals surface area contributed by atoms with E-state index in [1.165, 1.54) is 0 Å². The second-order valence-electron chi connectivity index (χ2n) is 5.17. The molecular formula is C16H26ClNO3. The molecule has 0 aromatic heterocycles. The van der Waals surface area contributed by atoms with E-state index in [2.05, 4.69) is 19.2 Å². The Hall–Kier alpha value is -0.970. The zero-order valence-electron chi connectivity index (χ0n) is 13.5. The molecule has 1 atom stereocenters. The summed E-state index contributed by atoms with van der Waals surface area (Å²) in [5.41, 5.74) is 0.983. The van der Waals surface area contributed by atoms with Crippen molar-refractivity contribution in [2.45, 2.75) is 33.4 Å². The van der Waals surface area contributed by atoms with Crippen LogP contribution in [-0.2, 0) is 11.3 Å².